The number of benzene rings is 4. The number of carbonyl (C=O) groups excluding carboxylic acids is 1. The number of hydrogen-bond acceptors (Lipinski definition) is 3. The summed E-state index contributed by atoms with van der Waals surface area (Å²) in [7, 11) is 0. The van der Waals surface area contributed by atoms with E-state index in [1.165, 1.54) is 11.1 Å². The quantitative estimate of drug-likeness (QED) is 0.248. The van der Waals surface area contributed by atoms with Gasteiger partial charge in [0.05, 0.1) is 0 Å². The van der Waals surface area contributed by atoms with Gasteiger partial charge in [-0.05, 0) is 73.2 Å². The summed E-state index contributed by atoms with van der Waals surface area (Å²) in [6, 6.07) is 27.3. The van der Waals surface area contributed by atoms with Crippen LogP contribution in [0.1, 0.15) is 22.3 Å². The number of aryl methyl sites for hydroxylation is 2. The number of para-hydroxylation sites is 2. The van der Waals surface area contributed by atoms with Crippen LogP contribution in [0.25, 0.3) is 22.3 Å². The highest BCUT2D eigenvalue weighted by molar-refractivity contribution is 5.80. The summed E-state index contributed by atoms with van der Waals surface area (Å²) in [5.74, 6) is 0.936. The van der Waals surface area contributed by atoms with Crippen molar-refractivity contribution in [1.82, 2.24) is 0 Å². The molecule has 0 radical (unpaired) electrons. The number of ether oxygens (including phenoxy) is 2. The minimum atomic E-state index is -0.763. The third-order valence-electron chi connectivity index (χ3n) is 5.95. The van der Waals surface area contributed by atoms with Gasteiger partial charge >= 0.3 is 6.16 Å². The fourth-order valence-corrected chi connectivity index (χ4v) is 3.84. The second kappa shape index (κ2) is 9.11. The summed E-state index contributed by atoms with van der Waals surface area (Å²) in [5, 5.41) is 0. The summed E-state index contributed by atoms with van der Waals surface area (Å²) in [6.45, 7) is 8.28. The van der Waals surface area contributed by atoms with E-state index in [9.17, 15) is 4.79 Å². The molecule has 0 N–H and O–H groups in total. The standard InChI is InChI=1S/C29H26O3/c1-19-11-9-15-23(21(19)3)25-13-5-7-17-27(25)31-29(30)32-28-18-8-6-14-26(28)24-16-10-12-20(2)22(24)4/h5-18H,1-4H3. The lowest BCUT2D eigenvalue weighted by atomic mass is 9.96. The molecule has 0 aliphatic heterocycles. The van der Waals surface area contributed by atoms with Gasteiger partial charge in [0.1, 0.15) is 11.5 Å². The molecule has 0 spiro atoms. The lowest BCUT2D eigenvalue weighted by molar-refractivity contribution is 0.152. The van der Waals surface area contributed by atoms with E-state index in [4.69, 9.17) is 9.47 Å². The van der Waals surface area contributed by atoms with Crippen LogP contribution in [0, 0.1) is 27.7 Å². The van der Waals surface area contributed by atoms with Gasteiger partial charge in [0.15, 0.2) is 0 Å². The summed E-state index contributed by atoms with van der Waals surface area (Å²) in [4.78, 5) is 12.8. The van der Waals surface area contributed by atoms with Crippen molar-refractivity contribution >= 4 is 6.16 Å². The Morgan fingerprint density at radius 2 is 0.875 bits per heavy atom. The maximum absolute atomic E-state index is 12.8. The van der Waals surface area contributed by atoms with E-state index in [-0.39, 0.29) is 0 Å². The Labute approximate surface area is 189 Å². The highest BCUT2D eigenvalue weighted by Gasteiger charge is 2.17. The van der Waals surface area contributed by atoms with Crippen LogP contribution in [-0.2, 0) is 0 Å². The molecule has 0 aromatic heterocycles. The summed E-state index contributed by atoms with van der Waals surface area (Å²) in [5.41, 5.74) is 8.44. The average Bonchev–Trinajstić information content (AvgIpc) is 2.79. The zero-order chi connectivity index (χ0) is 22.7. The van der Waals surface area contributed by atoms with Crippen molar-refractivity contribution in [2.24, 2.45) is 0 Å². The van der Waals surface area contributed by atoms with E-state index >= 15 is 0 Å². The number of hydrogen-bond donors (Lipinski definition) is 0. The summed E-state index contributed by atoms with van der Waals surface area (Å²) < 4.78 is 11.4. The first-order valence-corrected chi connectivity index (χ1v) is 10.7. The molecule has 0 bridgehead atoms. The van der Waals surface area contributed by atoms with Crippen LogP contribution in [0.5, 0.6) is 11.5 Å². The van der Waals surface area contributed by atoms with Gasteiger partial charge in [0, 0.05) is 11.1 Å². The van der Waals surface area contributed by atoms with Crippen molar-refractivity contribution in [3.63, 3.8) is 0 Å². The first-order chi connectivity index (χ1) is 15.5. The van der Waals surface area contributed by atoms with Gasteiger partial charge in [-0.3, -0.25) is 0 Å². The van der Waals surface area contributed by atoms with Crippen LogP contribution in [0.15, 0.2) is 84.9 Å². The molecule has 4 aromatic carbocycles. The van der Waals surface area contributed by atoms with Crippen molar-refractivity contribution < 1.29 is 14.3 Å². The van der Waals surface area contributed by atoms with E-state index < -0.39 is 6.16 Å². The van der Waals surface area contributed by atoms with Gasteiger partial charge in [-0.25, -0.2) is 4.79 Å². The van der Waals surface area contributed by atoms with Gasteiger partial charge in [-0.2, -0.15) is 0 Å². The minimum Gasteiger partial charge on any atom is -0.394 e. The molecule has 0 heterocycles. The Kier molecular flexibility index (Phi) is 6.09. The molecule has 0 saturated heterocycles. The minimum absolute atomic E-state index is 0.468. The molecule has 3 nitrogen and oxygen atoms in total. The highest BCUT2D eigenvalue weighted by atomic mass is 16.7. The molecule has 0 fully saturated rings. The van der Waals surface area contributed by atoms with Crippen molar-refractivity contribution in [2.75, 3.05) is 0 Å². The smallest absolute Gasteiger partial charge is 0.394 e. The topological polar surface area (TPSA) is 35.5 Å². The summed E-state index contributed by atoms with van der Waals surface area (Å²) in [6.07, 6.45) is -0.763. The van der Waals surface area contributed by atoms with Crippen LogP contribution in [0.4, 0.5) is 4.79 Å². The molecule has 0 aliphatic rings. The third-order valence-corrected chi connectivity index (χ3v) is 5.95. The van der Waals surface area contributed by atoms with Crippen molar-refractivity contribution in [2.45, 2.75) is 27.7 Å². The first-order valence-electron chi connectivity index (χ1n) is 10.7. The van der Waals surface area contributed by atoms with Crippen LogP contribution in [0.3, 0.4) is 0 Å². The molecule has 0 amide bonds. The van der Waals surface area contributed by atoms with E-state index in [1.54, 1.807) is 12.1 Å². The van der Waals surface area contributed by atoms with E-state index in [1.807, 2.05) is 60.7 Å². The maximum Gasteiger partial charge on any atom is 0.519 e. The van der Waals surface area contributed by atoms with Gasteiger partial charge in [-0.1, -0.05) is 72.8 Å². The van der Waals surface area contributed by atoms with E-state index in [0.29, 0.717) is 11.5 Å². The Bertz CT molecular complexity index is 1190. The Morgan fingerprint density at radius 1 is 0.500 bits per heavy atom. The molecule has 3 heteroatoms. The van der Waals surface area contributed by atoms with Crippen molar-refractivity contribution in [1.29, 1.82) is 0 Å². The lowest BCUT2D eigenvalue weighted by Gasteiger charge is -2.15. The predicted octanol–water partition coefficient (Wildman–Crippen LogP) is 7.83. The van der Waals surface area contributed by atoms with Crippen LogP contribution in [-0.4, -0.2) is 6.16 Å². The monoisotopic (exact) mass is 422 g/mol. The van der Waals surface area contributed by atoms with Gasteiger partial charge < -0.3 is 9.47 Å². The second-order valence-corrected chi connectivity index (χ2v) is 7.94. The Hall–Kier alpha value is -3.85. The zero-order valence-corrected chi connectivity index (χ0v) is 18.8. The molecule has 0 unspecified atom stereocenters. The van der Waals surface area contributed by atoms with Crippen molar-refractivity contribution in [3.05, 3.63) is 107 Å². The third kappa shape index (κ3) is 4.28. The number of carbonyl (C=O) groups is 1. The van der Waals surface area contributed by atoms with Gasteiger partial charge in [0.2, 0.25) is 0 Å². The van der Waals surface area contributed by atoms with Gasteiger partial charge in [0.25, 0.3) is 0 Å². The zero-order valence-electron chi connectivity index (χ0n) is 18.8. The second-order valence-electron chi connectivity index (χ2n) is 7.94. The largest absolute Gasteiger partial charge is 0.519 e. The fourth-order valence-electron chi connectivity index (χ4n) is 3.84. The lowest BCUT2D eigenvalue weighted by Crippen LogP contribution is -2.15. The van der Waals surface area contributed by atoms with Gasteiger partial charge in [-0.15, -0.1) is 0 Å². The molecular formula is C29H26O3. The Balaban J connectivity index is 1.63. The molecule has 0 aliphatic carbocycles. The Morgan fingerprint density at radius 3 is 1.31 bits per heavy atom. The van der Waals surface area contributed by atoms with Crippen molar-refractivity contribution in [3.8, 4) is 33.8 Å². The predicted molar refractivity (Wildman–Crippen MR) is 129 cm³/mol. The molecule has 0 saturated carbocycles. The fraction of sp³-hybridized carbons (Fsp3) is 0.138. The van der Waals surface area contributed by atoms with E-state index in [0.717, 1.165) is 33.4 Å². The molecule has 4 aromatic rings. The molecular weight excluding hydrogens is 396 g/mol. The highest BCUT2D eigenvalue weighted by Crippen LogP contribution is 2.35. The SMILES string of the molecule is Cc1cccc(-c2ccccc2OC(=O)Oc2ccccc2-c2cccc(C)c2C)c1C. The van der Waals surface area contributed by atoms with Crippen LogP contribution in [0.2, 0.25) is 0 Å². The van der Waals surface area contributed by atoms with E-state index in [2.05, 4.69) is 39.8 Å². The molecule has 4 rings (SSSR count). The maximum atomic E-state index is 12.8. The first kappa shape index (κ1) is 21.4. The average molecular weight is 423 g/mol. The van der Waals surface area contributed by atoms with Crippen LogP contribution < -0.4 is 9.47 Å². The molecule has 32 heavy (non-hydrogen) atoms. The normalized spacial score (nSPS) is 10.6. The number of rotatable bonds is 4. The molecule has 0 atom stereocenters. The molecule has 160 valence electrons. The summed E-state index contributed by atoms with van der Waals surface area (Å²) >= 11 is 0. The van der Waals surface area contributed by atoms with Crippen LogP contribution >= 0.6 is 0 Å².